The van der Waals surface area contributed by atoms with Crippen LogP contribution in [0.25, 0.3) is 0 Å². The Morgan fingerprint density at radius 3 is 2.95 bits per heavy atom. The Bertz CT molecular complexity index is 695. The molecule has 0 atom stereocenters. The van der Waals surface area contributed by atoms with Crippen LogP contribution in [0.3, 0.4) is 0 Å². The fraction of sp³-hybridized carbons (Fsp3) is 0.357. The Morgan fingerprint density at radius 1 is 1.62 bits per heavy atom. The van der Waals surface area contributed by atoms with Crippen molar-refractivity contribution in [2.45, 2.75) is 26.7 Å². The molecule has 0 unspecified atom stereocenters. The van der Waals surface area contributed by atoms with Gasteiger partial charge in [0.2, 0.25) is 0 Å². The molecule has 2 aromatic heterocycles. The summed E-state index contributed by atoms with van der Waals surface area (Å²) < 4.78 is 0. The molecular formula is C14H17N5OS. The molecular weight excluding hydrogens is 286 g/mol. The van der Waals surface area contributed by atoms with Crippen LogP contribution in [0.4, 0.5) is 10.7 Å². The Hall–Kier alpha value is -2.33. The monoisotopic (exact) mass is 303 g/mol. The molecule has 110 valence electrons. The largest absolute Gasteiger partial charge is 0.396 e. The van der Waals surface area contributed by atoms with Gasteiger partial charge in [-0.15, -0.1) is 11.3 Å². The Morgan fingerprint density at radius 2 is 2.38 bits per heavy atom. The zero-order chi connectivity index (χ0) is 15.4. The summed E-state index contributed by atoms with van der Waals surface area (Å²) in [6.07, 6.45) is 3.63. The molecule has 0 bridgehead atoms. The van der Waals surface area contributed by atoms with Gasteiger partial charge in [0, 0.05) is 19.2 Å². The number of nitrogens with two attached hydrogens (primary N) is 1. The van der Waals surface area contributed by atoms with Crippen molar-refractivity contribution in [1.29, 1.82) is 5.26 Å². The van der Waals surface area contributed by atoms with Crippen LogP contribution in [0.2, 0.25) is 0 Å². The molecule has 4 N–H and O–H groups in total. The van der Waals surface area contributed by atoms with Crippen LogP contribution in [-0.2, 0) is 6.42 Å². The maximum absolute atomic E-state index is 11.5. The van der Waals surface area contributed by atoms with Crippen molar-refractivity contribution in [3.63, 3.8) is 0 Å². The number of carbonyl (C=O) groups excluding carboxylic acids is 1. The number of anilines is 2. The van der Waals surface area contributed by atoms with E-state index in [1.165, 1.54) is 23.8 Å². The molecule has 2 heterocycles. The van der Waals surface area contributed by atoms with Gasteiger partial charge in [-0.05, 0) is 25.3 Å². The van der Waals surface area contributed by atoms with Crippen LogP contribution in [0.5, 0.6) is 0 Å². The van der Waals surface area contributed by atoms with E-state index in [-0.39, 0.29) is 11.5 Å². The second-order valence-electron chi connectivity index (χ2n) is 4.77. The molecule has 0 aliphatic heterocycles. The number of nitrogens with zero attached hydrogens (tertiary/aromatic N) is 2. The van der Waals surface area contributed by atoms with Crippen LogP contribution in [0, 0.1) is 18.3 Å². The van der Waals surface area contributed by atoms with Crippen molar-refractivity contribution >= 4 is 27.8 Å². The maximum Gasteiger partial charge on any atom is 0.171 e. The van der Waals surface area contributed by atoms with Gasteiger partial charge in [-0.2, -0.15) is 10.4 Å². The highest BCUT2D eigenvalue weighted by molar-refractivity contribution is 7.18. The third kappa shape index (κ3) is 3.23. The average Bonchev–Trinajstić information content (AvgIpc) is 2.98. The standard InChI is InChI=1S/C14H17N5OS/c1-8-10(7-18-19-8)4-3-5-17-14-11(6-15)12(16)13(21-14)9(2)20/h7,17H,3-5,16H2,1-2H3,(H,18,19). The quantitative estimate of drug-likeness (QED) is 0.561. The van der Waals surface area contributed by atoms with Gasteiger partial charge in [0.15, 0.2) is 5.78 Å². The maximum atomic E-state index is 11.5. The van der Waals surface area contributed by atoms with E-state index in [1.807, 2.05) is 13.1 Å². The first-order valence-electron chi connectivity index (χ1n) is 6.60. The van der Waals surface area contributed by atoms with E-state index >= 15 is 0 Å². The molecule has 0 spiro atoms. The lowest BCUT2D eigenvalue weighted by atomic mass is 10.1. The summed E-state index contributed by atoms with van der Waals surface area (Å²) in [4.78, 5) is 11.9. The molecule has 0 aliphatic carbocycles. The number of rotatable bonds is 6. The Labute approximate surface area is 127 Å². The van der Waals surface area contributed by atoms with Gasteiger partial charge in [-0.25, -0.2) is 0 Å². The summed E-state index contributed by atoms with van der Waals surface area (Å²) in [6, 6.07) is 2.06. The first-order valence-corrected chi connectivity index (χ1v) is 7.42. The summed E-state index contributed by atoms with van der Waals surface area (Å²) in [5.41, 5.74) is 8.74. The summed E-state index contributed by atoms with van der Waals surface area (Å²) in [5.74, 6) is -0.115. The summed E-state index contributed by atoms with van der Waals surface area (Å²) in [6.45, 7) is 4.15. The molecule has 21 heavy (non-hydrogen) atoms. The predicted octanol–water partition coefficient (Wildman–Crippen LogP) is 2.48. The number of carbonyl (C=O) groups is 1. The highest BCUT2D eigenvalue weighted by atomic mass is 32.1. The number of thiophene rings is 1. The molecule has 0 saturated carbocycles. The van der Waals surface area contributed by atoms with Gasteiger partial charge < -0.3 is 11.1 Å². The van der Waals surface area contributed by atoms with E-state index in [2.05, 4.69) is 21.6 Å². The van der Waals surface area contributed by atoms with Gasteiger partial charge in [0.05, 0.1) is 16.8 Å². The number of aromatic nitrogens is 2. The number of hydrogen-bond donors (Lipinski definition) is 3. The number of nitrogens with one attached hydrogen (secondary N) is 2. The van der Waals surface area contributed by atoms with Gasteiger partial charge in [0.25, 0.3) is 0 Å². The molecule has 0 aliphatic rings. The number of H-pyrrole nitrogens is 1. The summed E-state index contributed by atoms with van der Waals surface area (Å²) in [7, 11) is 0. The van der Waals surface area contributed by atoms with Crippen LogP contribution in [0.1, 0.15) is 39.8 Å². The normalized spacial score (nSPS) is 10.3. The number of aromatic amines is 1. The van der Waals surface area contributed by atoms with Crippen molar-refractivity contribution in [3.05, 3.63) is 27.9 Å². The molecule has 2 aromatic rings. The number of hydrogen-bond acceptors (Lipinski definition) is 6. The Kier molecular flexibility index (Phi) is 4.60. The SMILES string of the molecule is CC(=O)c1sc(NCCCc2cn[nH]c2C)c(C#N)c1N. The lowest BCUT2D eigenvalue weighted by molar-refractivity contribution is 0.102. The van der Waals surface area contributed by atoms with Gasteiger partial charge in [0.1, 0.15) is 16.6 Å². The van der Waals surface area contributed by atoms with Crippen molar-refractivity contribution < 1.29 is 4.79 Å². The zero-order valence-electron chi connectivity index (χ0n) is 12.0. The van der Waals surface area contributed by atoms with E-state index in [4.69, 9.17) is 11.0 Å². The molecule has 0 fully saturated rings. The van der Waals surface area contributed by atoms with E-state index in [0.29, 0.717) is 22.0 Å². The minimum absolute atomic E-state index is 0.115. The lowest BCUT2D eigenvalue weighted by Gasteiger charge is -2.04. The fourth-order valence-electron chi connectivity index (χ4n) is 2.05. The van der Waals surface area contributed by atoms with Crippen molar-refractivity contribution in [2.24, 2.45) is 0 Å². The molecule has 0 amide bonds. The number of aryl methyl sites for hydroxylation is 2. The van der Waals surface area contributed by atoms with Crippen LogP contribution < -0.4 is 11.1 Å². The number of ketones is 1. The second-order valence-corrected chi connectivity index (χ2v) is 5.79. The average molecular weight is 303 g/mol. The van der Waals surface area contributed by atoms with Crippen molar-refractivity contribution in [3.8, 4) is 6.07 Å². The van der Waals surface area contributed by atoms with Crippen LogP contribution in [0.15, 0.2) is 6.20 Å². The topological polar surface area (TPSA) is 108 Å². The van der Waals surface area contributed by atoms with E-state index in [1.54, 1.807) is 0 Å². The first-order chi connectivity index (χ1) is 10.0. The molecule has 0 aromatic carbocycles. The van der Waals surface area contributed by atoms with Gasteiger partial charge in [-0.3, -0.25) is 9.89 Å². The Balaban J connectivity index is 1.97. The summed E-state index contributed by atoms with van der Waals surface area (Å²) in [5, 5.41) is 19.9. The van der Waals surface area contributed by atoms with Gasteiger partial charge >= 0.3 is 0 Å². The smallest absolute Gasteiger partial charge is 0.171 e. The van der Waals surface area contributed by atoms with E-state index in [0.717, 1.165) is 18.5 Å². The third-order valence-corrected chi connectivity index (χ3v) is 4.48. The van der Waals surface area contributed by atoms with Crippen LogP contribution >= 0.6 is 11.3 Å². The van der Waals surface area contributed by atoms with Crippen LogP contribution in [-0.4, -0.2) is 22.5 Å². The van der Waals surface area contributed by atoms with Crippen molar-refractivity contribution in [1.82, 2.24) is 10.2 Å². The minimum atomic E-state index is -0.115. The van der Waals surface area contributed by atoms with E-state index < -0.39 is 0 Å². The fourth-order valence-corrected chi connectivity index (χ4v) is 3.04. The second kappa shape index (κ2) is 6.41. The summed E-state index contributed by atoms with van der Waals surface area (Å²) >= 11 is 1.24. The number of nitrogen functional groups attached to an aromatic ring is 1. The van der Waals surface area contributed by atoms with Gasteiger partial charge in [-0.1, -0.05) is 0 Å². The highest BCUT2D eigenvalue weighted by Gasteiger charge is 2.18. The zero-order valence-corrected chi connectivity index (χ0v) is 12.8. The highest BCUT2D eigenvalue weighted by Crippen LogP contribution is 2.35. The number of Topliss-reactive ketones (excluding diaryl/α,β-unsaturated/α-hetero) is 1. The molecule has 2 rings (SSSR count). The molecule has 7 heteroatoms. The lowest BCUT2D eigenvalue weighted by Crippen LogP contribution is -2.03. The molecule has 6 nitrogen and oxygen atoms in total. The molecule has 0 radical (unpaired) electrons. The van der Waals surface area contributed by atoms with Crippen molar-refractivity contribution in [2.75, 3.05) is 17.6 Å². The number of nitriles is 1. The first kappa shape index (κ1) is 15.1. The third-order valence-electron chi connectivity index (χ3n) is 3.22. The minimum Gasteiger partial charge on any atom is -0.396 e. The molecule has 0 saturated heterocycles. The van der Waals surface area contributed by atoms with E-state index in [9.17, 15) is 4.79 Å². The predicted molar refractivity (Wildman–Crippen MR) is 83.6 cm³/mol.